The minimum absolute atomic E-state index is 0.649. The minimum Gasteiger partial charge on any atom is -0.324 e. The van der Waals surface area contributed by atoms with Gasteiger partial charge in [-0.1, -0.05) is 23.2 Å². The van der Waals surface area contributed by atoms with Crippen LogP contribution < -0.4 is 10.2 Å². The smallest absolute Gasteiger partial charge is 0.140 e. The molecule has 0 atom stereocenters. The third-order valence-corrected chi connectivity index (χ3v) is 5.66. The van der Waals surface area contributed by atoms with E-state index in [1.54, 1.807) is 6.07 Å². The summed E-state index contributed by atoms with van der Waals surface area (Å²) in [7, 11) is 0. The van der Waals surface area contributed by atoms with Crippen molar-refractivity contribution < 1.29 is 0 Å². The number of rotatable bonds is 7. The van der Waals surface area contributed by atoms with E-state index >= 15 is 0 Å². The first kappa shape index (κ1) is 18.0. The number of aromatic nitrogens is 2. The average molecular weight is 391 g/mol. The maximum atomic E-state index is 6.43. The molecule has 2 aromatic rings. The Labute approximate surface area is 164 Å². The van der Waals surface area contributed by atoms with Crippen molar-refractivity contribution in [3.05, 3.63) is 45.3 Å². The fourth-order valence-electron chi connectivity index (χ4n) is 3.60. The summed E-state index contributed by atoms with van der Waals surface area (Å²) in [4.78, 5) is 11.6. The van der Waals surface area contributed by atoms with E-state index in [4.69, 9.17) is 33.2 Å². The molecule has 1 aromatic heterocycles. The summed E-state index contributed by atoms with van der Waals surface area (Å²) in [5.41, 5.74) is 3.42. The molecule has 2 heterocycles. The van der Waals surface area contributed by atoms with Gasteiger partial charge in [-0.25, -0.2) is 9.97 Å². The van der Waals surface area contributed by atoms with Gasteiger partial charge < -0.3 is 10.2 Å². The van der Waals surface area contributed by atoms with Crippen LogP contribution in [0.2, 0.25) is 10.0 Å². The average Bonchev–Trinajstić information content (AvgIpc) is 3.33. The monoisotopic (exact) mass is 390 g/mol. The lowest BCUT2D eigenvalue weighted by Crippen LogP contribution is -2.19. The van der Waals surface area contributed by atoms with Gasteiger partial charge in [0.25, 0.3) is 0 Å². The van der Waals surface area contributed by atoms with Crippen LogP contribution in [-0.2, 0) is 12.8 Å². The van der Waals surface area contributed by atoms with Gasteiger partial charge in [0.1, 0.15) is 11.6 Å². The fraction of sp³-hybridized carbons (Fsp3) is 0.500. The Morgan fingerprint density at radius 1 is 1.23 bits per heavy atom. The molecule has 0 amide bonds. The molecule has 4 nitrogen and oxygen atoms in total. The topological polar surface area (TPSA) is 41.1 Å². The van der Waals surface area contributed by atoms with Gasteiger partial charge in [0.05, 0.1) is 10.7 Å². The number of anilines is 2. The molecule has 4 rings (SSSR count). The summed E-state index contributed by atoms with van der Waals surface area (Å²) in [6.07, 6.45) is 5.85. The standard InChI is InChI=1S/C20H24Cl2N4/c1-13-24-18(3-2-9-23-12-14-4-5-14)16-8-10-26(20(16)25-13)19-7-6-15(21)11-17(19)22/h6-7,11,14,23H,2-5,8-10,12H2,1H3. The molecule has 6 heteroatoms. The summed E-state index contributed by atoms with van der Waals surface area (Å²) >= 11 is 12.5. The SMILES string of the molecule is Cc1nc(CCCNCC2CC2)c2c(n1)N(c1ccc(Cl)cc1Cl)CC2. The van der Waals surface area contributed by atoms with Crippen molar-refractivity contribution in [2.24, 2.45) is 5.92 Å². The van der Waals surface area contributed by atoms with Gasteiger partial charge in [-0.2, -0.15) is 0 Å². The van der Waals surface area contributed by atoms with Crippen molar-refractivity contribution in [2.45, 2.75) is 39.0 Å². The Bertz CT molecular complexity index is 805. The van der Waals surface area contributed by atoms with Crippen LogP contribution in [0, 0.1) is 12.8 Å². The first-order chi connectivity index (χ1) is 12.6. The van der Waals surface area contributed by atoms with Crippen LogP contribution in [-0.4, -0.2) is 29.6 Å². The zero-order chi connectivity index (χ0) is 18.1. The van der Waals surface area contributed by atoms with Crippen LogP contribution in [0.5, 0.6) is 0 Å². The van der Waals surface area contributed by atoms with Crippen LogP contribution in [0.15, 0.2) is 18.2 Å². The minimum atomic E-state index is 0.649. The highest BCUT2D eigenvalue weighted by Crippen LogP contribution is 2.39. The number of nitrogens with zero attached hydrogens (tertiary/aromatic N) is 3. The van der Waals surface area contributed by atoms with Gasteiger partial charge in [-0.3, -0.25) is 0 Å². The molecule has 26 heavy (non-hydrogen) atoms. The van der Waals surface area contributed by atoms with E-state index in [1.807, 2.05) is 19.1 Å². The molecule has 1 fully saturated rings. The van der Waals surface area contributed by atoms with Gasteiger partial charge in [0, 0.05) is 22.8 Å². The van der Waals surface area contributed by atoms with Crippen molar-refractivity contribution >= 4 is 34.7 Å². The zero-order valence-corrected chi connectivity index (χ0v) is 16.6. The first-order valence-corrected chi connectivity index (χ1v) is 10.2. The lowest BCUT2D eigenvalue weighted by molar-refractivity contribution is 0.608. The summed E-state index contributed by atoms with van der Waals surface area (Å²) < 4.78 is 0. The Balaban J connectivity index is 1.50. The molecule has 0 radical (unpaired) electrons. The number of halogens is 2. The molecule has 1 saturated carbocycles. The van der Waals surface area contributed by atoms with E-state index in [-0.39, 0.29) is 0 Å². The molecule has 0 saturated heterocycles. The Kier molecular flexibility index (Phi) is 5.35. The van der Waals surface area contributed by atoms with Crippen molar-refractivity contribution in [1.82, 2.24) is 15.3 Å². The number of hydrogen-bond donors (Lipinski definition) is 1. The summed E-state index contributed by atoms with van der Waals surface area (Å²) in [6.45, 7) is 5.07. The van der Waals surface area contributed by atoms with Crippen LogP contribution in [0.4, 0.5) is 11.5 Å². The quantitative estimate of drug-likeness (QED) is 0.694. The van der Waals surface area contributed by atoms with Gasteiger partial charge in [-0.15, -0.1) is 0 Å². The third kappa shape index (κ3) is 3.98. The lowest BCUT2D eigenvalue weighted by atomic mass is 10.1. The molecular formula is C20H24Cl2N4. The Morgan fingerprint density at radius 2 is 2.08 bits per heavy atom. The number of nitrogens with one attached hydrogen (secondary N) is 1. The van der Waals surface area contributed by atoms with Crippen molar-refractivity contribution in [2.75, 3.05) is 24.5 Å². The maximum Gasteiger partial charge on any atom is 0.140 e. The largest absolute Gasteiger partial charge is 0.324 e. The second kappa shape index (κ2) is 7.71. The molecule has 1 aromatic carbocycles. The van der Waals surface area contributed by atoms with Crippen molar-refractivity contribution in [1.29, 1.82) is 0 Å². The predicted octanol–water partition coefficient (Wildman–Crippen LogP) is 4.72. The molecule has 0 spiro atoms. The van der Waals surface area contributed by atoms with Crippen molar-refractivity contribution in [3.8, 4) is 0 Å². The Hall–Kier alpha value is -1.36. The molecule has 2 aliphatic rings. The first-order valence-electron chi connectivity index (χ1n) is 9.41. The molecule has 0 unspecified atom stereocenters. The highest BCUT2D eigenvalue weighted by atomic mass is 35.5. The molecular weight excluding hydrogens is 367 g/mol. The molecule has 1 aliphatic heterocycles. The Morgan fingerprint density at radius 3 is 2.85 bits per heavy atom. The number of hydrogen-bond acceptors (Lipinski definition) is 4. The normalized spacial score (nSPS) is 16.2. The molecule has 1 aliphatic carbocycles. The highest BCUT2D eigenvalue weighted by Gasteiger charge is 2.27. The third-order valence-electron chi connectivity index (χ3n) is 5.12. The van der Waals surface area contributed by atoms with Crippen molar-refractivity contribution in [3.63, 3.8) is 0 Å². The predicted molar refractivity (Wildman–Crippen MR) is 108 cm³/mol. The van der Waals surface area contributed by atoms with E-state index in [0.29, 0.717) is 10.0 Å². The molecule has 0 bridgehead atoms. The van der Waals surface area contributed by atoms with Crippen LogP contribution >= 0.6 is 23.2 Å². The van der Waals surface area contributed by atoms with Gasteiger partial charge >= 0.3 is 0 Å². The van der Waals surface area contributed by atoms with Crippen LogP contribution in [0.3, 0.4) is 0 Å². The fourth-order valence-corrected chi connectivity index (χ4v) is 4.11. The highest BCUT2D eigenvalue weighted by molar-refractivity contribution is 6.36. The van der Waals surface area contributed by atoms with E-state index in [0.717, 1.165) is 55.6 Å². The second-order valence-electron chi connectivity index (χ2n) is 7.27. The number of aryl methyl sites for hydroxylation is 2. The summed E-state index contributed by atoms with van der Waals surface area (Å²) in [5.74, 6) is 2.75. The molecule has 1 N–H and O–H groups in total. The number of fused-ring (bicyclic) bond motifs is 1. The summed E-state index contributed by atoms with van der Waals surface area (Å²) in [5, 5.41) is 4.87. The maximum absolute atomic E-state index is 6.43. The second-order valence-corrected chi connectivity index (χ2v) is 8.11. The zero-order valence-electron chi connectivity index (χ0n) is 15.1. The molecule has 138 valence electrons. The summed E-state index contributed by atoms with van der Waals surface area (Å²) in [6, 6.07) is 5.64. The van der Waals surface area contributed by atoms with E-state index in [1.165, 1.54) is 30.6 Å². The lowest BCUT2D eigenvalue weighted by Gasteiger charge is -2.20. The van der Waals surface area contributed by atoms with Crippen LogP contribution in [0.25, 0.3) is 0 Å². The van der Waals surface area contributed by atoms with Gasteiger partial charge in [-0.05, 0) is 76.2 Å². The van der Waals surface area contributed by atoms with E-state index in [9.17, 15) is 0 Å². The van der Waals surface area contributed by atoms with E-state index < -0.39 is 0 Å². The number of benzene rings is 1. The van der Waals surface area contributed by atoms with Gasteiger partial charge in [0.15, 0.2) is 0 Å². The van der Waals surface area contributed by atoms with Gasteiger partial charge in [0.2, 0.25) is 0 Å². The van der Waals surface area contributed by atoms with Crippen LogP contribution in [0.1, 0.15) is 36.3 Å². The van der Waals surface area contributed by atoms with E-state index in [2.05, 4.69) is 10.2 Å².